The molecule has 1 heterocycles. The molecule has 0 aromatic heterocycles. The van der Waals surface area contributed by atoms with Crippen molar-refractivity contribution in [3.05, 3.63) is 81.9 Å². The highest BCUT2D eigenvalue weighted by Crippen LogP contribution is 2.40. The molecular weight excluding hydrogens is 372 g/mol. The van der Waals surface area contributed by atoms with Crippen molar-refractivity contribution in [1.29, 1.82) is 5.26 Å². The second-order valence-corrected chi connectivity index (χ2v) is 7.49. The van der Waals surface area contributed by atoms with E-state index in [2.05, 4.69) is 11.4 Å². The van der Waals surface area contributed by atoms with Crippen molar-refractivity contribution >= 4 is 23.6 Å². The average molecular weight is 392 g/mol. The first-order valence-electron chi connectivity index (χ1n) is 8.81. The summed E-state index contributed by atoms with van der Waals surface area (Å²) < 4.78 is 4.85. The van der Waals surface area contributed by atoms with Crippen molar-refractivity contribution in [2.75, 3.05) is 7.11 Å². The van der Waals surface area contributed by atoms with E-state index >= 15 is 0 Å². The molecule has 1 aliphatic rings. The third kappa shape index (κ3) is 4.10. The predicted molar refractivity (Wildman–Crippen MR) is 108 cm³/mol. The van der Waals surface area contributed by atoms with Crippen LogP contribution in [0.4, 0.5) is 0 Å². The number of rotatable bonds is 5. The van der Waals surface area contributed by atoms with E-state index in [4.69, 9.17) is 4.74 Å². The summed E-state index contributed by atoms with van der Waals surface area (Å²) in [6.07, 6.45) is 0. The number of nitriles is 1. The third-order valence-corrected chi connectivity index (χ3v) is 5.73. The zero-order chi connectivity index (χ0) is 20.1. The van der Waals surface area contributed by atoms with Crippen LogP contribution in [0.2, 0.25) is 0 Å². The van der Waals surface area contributed by atoms with E-state index < -0.39 is 23.7 Å². The number of allylic oxidation sites excluding steroid dienone is 1. The molecule has 1 aliphatic heterocycles. The van der Waals surface area contributed by atoms with Crippen molar-refractivity contribution in [2.45, 2.75) is 18.6 Å². The lowest BCUT2D eigenvalue weighted by Gasteiger charge is -2.31. The quantitative estimate of drug-likeness (QED) is 0.620. The molecule has 0 aliphatic carbocycles. The maximum Gasteiger partial charge on any atom is 0.319 e. The minimum Gasteiger partial charge on any atom is -0.468 e. The van der Waals surface area contributed by atoms with Gasteiger partial charge < -0.3 is 10.1 Å². The van der Waals surface area contributed by atoms with Crippen molar-refractivity contribution in [3.63, 3.8) is 0 Å². The van der Waals surface area contributed by atoms with Gasteiger partial charge in [-0.25, -0.2) is 0 Å². The van der Waals surface area contributed by atoms with Crippen LogP contribution in [0.5, 0.6) is 0 Å². The minimum absolute atomic E-state index is 0.375. The van der Waals surface area contributed by atoms with E-state index in [-0.39, 0.29) is 0 Å². The molecule has 3 rings (SSSR count). The fourth-order valence-electron chi connectivity index (χ4n) is 3.18. The number of methoxy groups -OCH3 is 1. The lowest BCUT2D eigenvalue weighted by molar-refractivity contribution is -0.150. The van der Waals surface area contributed by atoms with Gasteiger partial charge in [-0.1, -0.05) is 60.2 Å². The Kier molecular flexibility index (Phi) is 6.17. The molecular formula is C22H20N2O3S. The van der Waals surface area contributed by atoms with Gasteiger partial charge in [0.05, 0.1) is 23.8 Å². The number of amides is 1. The van der Waals surface area contributed by atoms with Crippen molar-refractivity contribution in [1.82, 2.24) is 5.32 Å². The Morgan fingerprint density at radius 2 is 1.86 bits per heavy atom. The summed E-state index contributed by atoms with van der Waals surface area (Å²) in [5.74, 6) is -2.27. The zero-order valence-corrected chi connectivity index (χ0v) is 16.5. The number of benzene rings is 2. The van der Waals surface area contributed by atoms with Gasteiger partial charge in [-0.3, -0.25) is 9.59 Å². The molecule has 142 valence electrons. The third-order valence-electron chi connectivity index (χ3n) is 4.65. The second kappa shape index (κ2) is 8.77. The summed E-state index contributed by atoms with van der Waals surface area (Å²) in [6.45, 7) is 1.96. The van der Waals surface area contributed by atoms with Crippen LogP contribution in [0.15, 0.2) is 65.2 Å². The molecule has 1 amide bonds. The number of thioether (sulfide) groups is 1. The maximum absolute atomic E-state index is 12.8. The molecule has 0 spiro atoms. The Balaban J connectivity index is 2.02. The molecule has 2 aromatic rings. The number of aryl methyl sites for hydroxylation is 1. The summed E-state index contributed by atoms with van der Waals surface area (Å²) in [5, 5.41) is 13.1. The Morgan fingerprint density at radius 3 is 2.46 bits per heavy atom. The molecule has 2 aromatic carbocycles. The van der Waals surface area contributed by atoms with Crippen LogP contribution in [-0.4, -0.2) is 19.0 Å². The molecule has 2 atom stereocenters. The Morgan fingerprint density at radius 1 is 1.18 bits per heavy atom. The van der Waals surface area contributed by atoms with Crippen molar-refractivity contribution in [2.24, 2.45) is 5.92 Å². The van der Waals surface area contributed by atoms with E-state index in [0.29, 0.717) is 16.4 Å². The SMILES string of the molecule is COC(=O)[C@@H]1C(=O)NC(SCc2ccccc2)=C(C#N)[C@@H]1c1ccc(C)cc1. The fourth-order valence-corrected chi connectivity index (χ4v) is 4.19. The monoisotopic (exact) mass is 392 g/mol. The van der Waals surface area contributed by atoms with Crippen LogP contribution in [0.25, 0.3) is 0 Å². The van der Waals surface area contributed by atoms with E-state index in [1.807, 2.05) is 61.5 Å². The van der Waals surface area contributed by atoms with Gasteiger partial charge in [0.1, 0.15) is 5.92 Å². The van der Waals surface area contributed by atoms with Crippen LogP contribution in [0.3, 0.4) is 0 Å². The van der Waals surface area contributed by atoms with E-state index in [1.165, 1.54) is 18.9 Å². The molecule has 0 bridgehead atoms. The normalized spacial score (nSPS) is 19.0. The maximum atomic E-state index is 12.8. The number of nitrogens with one attached hydrogen (secondary N) is 1. The molecule has 0 saturated carbocycles. The number of carbonyl (C=O) groups excluding carboxylic acids is 2. The smallest absolute Gasteiger partial charge is 0.319 e. The van der Waals surface area contributed by atoms with E-state index in [1.54, 1.807) is 0 Å². The first-order chi connectivity index (χ1) is 13.5. The van der Waals surface area contributed by atoms with Gasteiger partial charge in [-0.2, -0.15) is 5.26 Å². The number of ether oxygens (including phenoxy) is 1. The Hall–Kier alpha value is -3.04. The average Bonchev–Trinajstić information content (AvgIpc) is 2.72. The lowest BCUT2D eigenvalue weighted by Crippen LogP contribution is -2.44. The summed E-state index contributed by atoms with van der Waals surface area (Å²) >= 11 is 1.38. The van der Waals surface area contributed by atoms with Gasteiger partial charge in [0.2, 0.25) is 5.91 Å². The fraction of sp³-hybridized carbons (Fsp3) is 0.227. The van der Waals surface area contributed by atoms with Gasteiger partial charge in [0.25, 0.3) is 0 Å². The zero-order valence-electron chi connectivity index (χ0n) is 15.6. The number of carbonyl (C=O) groups is 2. The summed E-state index contributed by atoms with van der Waals surface area (Å²) in [7, 11) is 1.25. The highest BCUT2D eigenvalue weighted by Gasteiger charge is 2.44. The Labute approximate surface area is 168 Å². The van der Waals surface area contributed by atoms with Crippen LogP contribution >= 0.6 is 11.8 Å². The van der Waals surface area contributed by atoms with Gasteiger partial charge in [-0.05, 0) is 18.1 Å². The number of nitrogens with zero attached hydrogens (tertiary/aromatic N) is 1. The molecule has 5 nitrogen and oxygen atoms in total. The van der Waals surface area contributed by atoms with Crippen molar-refractivity contribution in [3.8, 4) is 6.07 Å². The number of esters is 1. The minimum atomic E-state index is -1.09. The summed E-state index contributed by atoms with van der Waals surface area (Å²) in [4.78, 5) is 25.1. The molecule has 0 radical (unpaired) electrons. The molecule has 1 N–H and O–H groups in total. The summed E-state index contributed by atoms with van der Waals surface area (Å²) in [6, 6.07) is 19.5. The predicted octanol–water partition coefficient (Wildman–Crippen LogP) is 3.67. The first-order valence-corrected chi connectivity index (χ1v) is 9.80. The highest BCUT2D eigenvalue weighted by atomic mass is 32.2. The molecule has 0 unspecified atom stereocenters. The van der Waals surface area contributed by atoms with Crippen molar-refractivity contribution < 1.29 is 14.3 Å². The van der Waals surface area contributed by atoms with E-state index in [9.17, 15) is 14.9 Å². The standard InChI is InChI=1S/C22H20N2O3S/c1-14-8-10-16(11-9-14)18-17(12-23)21(24-20(25)19(18)22(26)27-2)28-13-15-6-4-3-5-7-15/h3-11,18-19H,13H2,1-2H3,(H,24,25)/t18-,19-/m0/s1. The second-order valence-electron chi connectivity index (χ2n) is 6.51. The Bertz CT molecular complexity index is 946. The first kappa shape index (κ1) is 19.7. The van der Waals surface area contributed by atoms with Gasteiger partial charge in [-0.15, -0.1) is 11.8 Å². The topological polar surface area (TPSA) is 79.2 Å². The van der Waals surface area contributed by atoms with Crippen LogP contribution in [0, 0.1) is 24.2 Å². The van der Waals surface area contributed by atoms with Gasteiger partial charge in [0.15, 0.2) is 0 Å². The van der Waals surface area contributed by atoms with Crippen LogP contribution in [0.1, 0.15) is 22.6 Å². The number of hydrogen-bond acceptors (Lipinski definition) is 5. The summed E-state index contributed by atoms with van der Waals surface area (Å²) in [5.41, 5.74) is 3.25. The van der Waals surface area contributed by atoms with Gasteiger partial charge in [0, 0.05) is 11.7 Å². The molecule has 28 heavy (non-hydrogen) atoms. The van der Waals surface area contributed by atoms with Crippen LogP contribution in [-0.2, 0) is 20.1 Å². The highest BCUT2D eigenvalue weighted by molar-refractivity contribution is 8.02. The molecule has 0 fully saturated rings. The lowest BCUT2D eigenvalue weighted by atomic mass is 9.78. The largest absolute Gasteiger partial charge is 0.468 e. The van der Waals surface area contributed by atoms with Gasteiger partial charge >= 0.3 is 5.97 Å². The van der Waals surface area contributed by atoms with Crippen LogP contribution < -0.4 is 5.32 Å². The molecule has 0 saturated heterocycles. The molecule has 6 heteroatoms. The number of hydrogen-bond donors (Lipinski definition) is 1. The van der Waals surface area contributed by atoms with E-state index in [0.717, 1.165) is 16.7 Å².